The Morgan fingerprint density at radius 3 is 1.62 bits per heavy atom. The molecule has 0 unspecified atom stereocenters. The van der Waals surface area contributed by atoms with Gasteiger partial charge >= 0.3 is 17.9 Å². The minimum Gasteiger partial charge on any atom is -0.489 e. The van der Waals surface area contributed by atoms with Crippen LogP contribution in [-0.4, -0.2) is 77.1 Å². The average Bonchev–Trinajstić information content (AvgIpc) is 4.59. The largest absolute Gasteiger partial charge is 0.489 e. The van der Waals surface area contributed by atoms with E-state index >= 15 is 0 Å². The number of nitrogens with one attached hydrogen (secondary N) is 3. The van der Waals surface area contributed by atoms with E-state index in [1.165, 1.54) is 26.4 Å². The molecule has 21 heteroatoms. The van der Waals surface area contributed by atoms with Crippen LogP contribution in [0.4, 0.5) is 4.39 Å². The van der Waals surface area contributed by atoms with Crippen molar-refractivity contribution >= 4 is 47.2 Å². The van der Waals surface area contributed by atoms with E-state index in [0.29, 0.717) is 52.8 Å². The number of carbonyl (C=O) groups is 6. The second kappa shape index (κ2) is 26.5. The van der Waals surface area contributed by atoms with Gasteiger partial charge in [-0.2, -0.15) is 0 Å². The smallest absolute Gasteiger partial charge is 0.317 e. The van der Waals surface area contributed by atoms with Crippen LogP contribution in [0.25, 0.3) is 0 Å². The number of esters is 3. The van der Waals surface area contributed by atoms with Crippen molar-refractivity contribution in [1.29, 1.82) is 0 Å². The van der Waals surface area contributed by atoms with Crippen molar-refractivity contribution < 1.29 is 77.2 Å². The first-order chi connectivity index (χ1) is 38.5. The molecule has 1 heterocycles. The maximum absolute atomic E-state index is 12.9. The van der Waals surface area contributed by atoms with Crippen molar-refractivity contribution in [2.24, 2.45) is 23.2 Å². The second-order valence-corrected chi connectivity index (χ2v) is 19.6. The number of pyridine rings is 1. The van der Waals surface area contributed by atoms with Crippen molar-refractivity contribution in [3.63, 3.8) is 0 Å². The molecule has 3 aliphatic carbocycles. The molecule has 5 aromatic carbocycles. The maximum atomic E-state index is 12.9. The lowest BCUT2D eigenvalue weighted by molar-refractivity contribution is -0.152. The van der Waals surface area contributed by atoms with Crippen molar-refractivity contribution in [3.8, 4) is 17.2 Å². The molecule has 1 aromatic heterocycles. The zero-order valence-electron chi connectivity index (χ0n) is 44.1. The summed E-state index contributed by atoms with van der Waals surface area (Å²) in [5, 5.41) is 27.2. The molecular formula is C59H60ClFN4O15. The Morgan fingerprint density at radius 2 is 1.10 bits per heavy atom. The van der Waals surface area contributed by atoms with E-state index in [-0.39, 0.29) is 38.5 Å². The summed E-state index contributed by atoms with van der Waals surface area (Å²) in [5.74, 6) is -3.82. The van der Waals surface area contributed by atoms with Crippen LogP contribution in [0.15, 0.2) is 140 Å². The zero-order chi connectivity index (χ0) is 57.6. The maximum Gasteiger partial charge on any atom is 0.317 e. The van der Waals surface area contributed by atoms with Crippen LogP contribution < -0.4 is 30.7 Å². The molecule has 3 amide bonds. The Bertz CT molecular complexity index is 3190. The van der Waals surface area contributed by atoms with Gasteiger partial charge in [0.15, 0.2) is 0 Å². The molecule has 19 nitrogen and oxygen atoms in total. The Balaban J connectivity index is 0.000000174. The van der Waals surface area contributed by atoms with Crippen molar-refractivity contribution in [2.75, 3.05) is 20.8 Å². The fourth-order valence-corrected chi connectivity index (χ4v) is 9.84. The van der Waals surface area contributed by atoms with Gasteiger partial charge in [0.25, 0.3) is 0 Å². The fraction of sp³-hybridized carbons (Fsp3) is 0.305. The summed E-state index contributed by atoms with van der Waals surface area (Å²) in [6, 6.07) is 40.2. The highest BCUT2D eigenvalue weighted by molar-refractivity contribution is 6.31. The molecule has 6 aromatic rings. The highest BCUT2D eigenvalue weighted by Crippen LogP contribution is 2.58. The first-order valence-corrected chi connectivity index (χ1v) is 25.6. The third-order valence-corrected chi connectivity index (χ3v) is 14.6. The summed E-state index contributed by atoms with van der Waals surface area (Å²) in [6.45, 7) is 4.77. The number of hydroxylamine groups is 3. The fourth-order valence-electron chi connectivity index (χ4n) is 9.65. The van der Waals surface area contributed by atoms with Gasteiger partial charge in [0, 0.05) is 16.3 Å². The number of aromatic nitrogens is 1. The Kier molecular flexibility index (Phi) is 19.6. The highest BCUT2D eigenvalue weighted by Gasteiger charge is 2.67. The predicted octanol–water partition coefficient (Wildman–Crippen LogP) is 7.78. The number of benzene rings is 5. The van der Waals surface area contributed by atoms with E-state index in [0.717, 1.165) is 28.1 Å². The van der Waals surface area contributed by atoms with Crippen LogP contribution in [0.5, 0.6) is 17.2 Å². The summed E-state index contributed by atoms with van der Waals surface area (Å²) < 4.78 is 45.1. The van der Waals surface area contributed by atoms with Crippen LogP contribution in [0.1, 0.15) is 65.4 Å². The standard InChI is InChI=1S/C21H24N2O5.C19H18ClNO5.C19H18FNO5/c1-3-27-20(25)21(12-18(21)19(24)23-26)11-15-7-9-17(10-8-15)28-13-16-6-4-5-14(2)22-16;1-25-18(23)19(10-15(19)17(22)21-24)13-6-4-7-14(9-13)26-11-12-5-2-3-8-16(12)20;1-25-18(23)19(10-16(19)17(22)21-24)13-3-2-4-15(9-13)26-11-12-5-7-14(20)8-6-12/h4-10,18,26H,3,11-13H2,1-2H3,(H,23,24);2-9,15,24H,10-11H2,1H3,(H,21,22);2-9,16,24H,10-11H2,1H3,(H,21,22)/t18-,21+;15-,19-;16-,19-/m100/s1. The number of hydrogen-bond donors (Lipinski definition) is 6. The topological polar surface area (TPSA) is 267 Å². The van der Waals surface area contributed by atoms with E-state index in [9.17, 15) is 33.2 Å². The molecule has 3 aliphatic rings. The van der Waals surface area contributed by atoms with Gasteiger partial charge in [-0.1, -0.05) is 84.4 Å². The SMILES string of the molecule is CCOC(=O)[C@@]1(Cc2ccc(OCc3cccc(C)n3)cc2)C[C@@H]1C(=O)NO.COC(=O)[C@]1(c2cccc(OCc3ccc(F)cc3)c2)C[C@H]1C(=O)NO.COC(=O)[C@]1(c2cccc(OCc3ccccc3Cl)c2)C[C@H]1C(=O)NO. The lowest BCUT2D eigenvalue weighted by atomic mass is 9.92. The molecule has 0 spiro atoms. The molecule has 0 saturated heterocycles. The number of halogens is 2. The van der Waals surface area contributed by atoms with Crippen LogP contribution in [0, 0.1) is 35.9 Å². The van der Waals surface area contributed by atoms with Crippen LogP contribution >= 0.6 is 11.6 Å². The third-order valence-electron chi connectivity index (χ3n) is 14.2. The number of hydrogen-bond acceptors (Lipinski definition) is 16. The minimum absolute atomic E-state index is 0.232. The van der Waals surface area contributed by atoms with E-state index < -0.39 is 69.6 Å². The van der Waals surface area contributed by atoms with Gasteiger partial charge in [0.2, 0.25) is 17.7 Å². The monoisotopic (exact) mass is 1120 g/mol. The molecule has 6 atom stereocenters. The second-order valence-electron chi connectivity index (χ2n) is 19.2. The molecule has 0 bridgehead atoms. The van der Waals surface area contributed by atoms with Gasteiger partial charge in [-0.3, -0.25) is 49.4 Å². The zero-order valence-corrected chi connectivity index (χ0v) is 44.9. The van der Waals surface area contributed by atoms with Crippen molar-refractivity contribution in [1.82, 2.24) is 21.4 Å². The van der Waals surface area contributed by atoms with E-state index in [1.54, 1.807) is 90.1 Å². The first kappa shape index (κ1) is 59.2. The molecule has 0 radical (unpaired) electrons. The van der Waals surface area contributed by atoms with Crippen LogP contribution in [-0.2, 0) is 80.0 Å². The molecular weight excluding hydrogens is 1060 g/mol. The molecule has 9 rings (SSSR count). The Hall–Kier alpha value is -8.43. The third kappa shape index (κ3) is 13.7. The molecule has 80 heavy (non-hydrogen) atoms. The number of aryl methyl sites for hydroxylation is 1. The Labute approximate surface area is 465 Å². The van der Waals surface area contributed by atoms with Gasteiger partial charge < -0.3 is 28.4 Å². The molecule has 3 saturated carbocycles. The summed E-state index contributed by atoms with van der Waals surface area (Å²) >= 11 is 6.13. The summed E-state index contributed by atoms with van der Waals surface area (Å²) in [7, 11) is 2.53. The van der Waals surface area contributed by atoms with Crippen LogP contribution in [0.3, 0.4) is 0 Å². The summed E-state index contributed by atoms with van der Waals surface area (Å²) in [4.78, 5) is 76.8. The van der Waals surface area contributed by atoms with Crippen molar-refractivity contribution in [2.45, 2.75) is 70.2 Å². The van der Waals surface area contributed by atoms with E-state index in [2.05, 4.69) is 4.98 Å². The number of ether oxygens (including phenoxy) is 6. The van der Waals surface area contributed by atoms with Crippen molar-refractivity contribution in [3.05, 3.63) is 190 Å². The highest BCUT2D eigenvalue weighted by atomic mass is 35.5. The number of methoxy groups -OCH3 is 2. The minimum atomic E-state index is -1.13. The van der Waals surface area contributed by atoms with E-state index in [1.807, 2.05) is 67.6 Å². The first-order valence-electron chi connectivity index (χ1n) is 25.3. The van der Waals surface area contributed by atoms with Gasteiger partial charge in [0.1, 0.15) is 53.7 Å². The van der Waals surface area contributed by atoms with Gasteiger partial charge in [-0.15, -0.1) is 0 Å². The molecule has 0 aliphatic heterocycles. The average molecular weight is 1120 g/mol. The molecule has 6 N–H and O–H groups in total. The predicted molar refractivity (Wildman–Crippen MR) is 283 cm³/mol. The summed E-state index contributed by atoms with van der Waals surface area (Å²) in [6.07, 6.45) is 1.23. The van der Waals surface area contributed by atoms with Gasteiger partial charge in [-0.05, 0) is 129 Å². The number of rotatable bonds is 20. The Morgan fingerprint density at radius 1 is 0.588 bits per heavy atom. The lowest BCUT2D eigenvalue weighted by Gasteiger charge is -2.16. The van der Waals surface area contributed by atoms with E-state index in [4.69, 9.17) is 55.6 Å². The quantitative estimate of drug-likeness (QED) is 0.0184. The normalized spacial score (nSPS) is 20.7. The summed E-state index contributed by atoms with van der Waals surface area (Å²) in [5.41, 5.74) is 7.17. The number of nitrogens with zero attached hydrogens (tertiary/aromatic N) is 1. The molecule has 3 fully saturated rings. The van der Waals surface area contributed by atoms with Gasteiger partial charge in [-0.25, -0.2) is 20.8 Å². The number of amides is 3. The molecule has 420 valence electrons. The van der Waals surface area contributed by atoms with Gasteiger partial charge in [0.05, 0.1) is 49.7 Å². The number of carbonyl (C=O) groups excluding carboxylic acids is 6. The van der Waals surface area contributed by atoms with Crippen LogP contribution in [0.2, 0.25) is 5.02 Å². The lowest BCUT2D eigenvalue weighted by Crippen LogP contribution is -2.31.